The molecule has 3 nitrogen and oxygen atoms in total. The lowest BCUT2D eigenvalue weighted by Gasteiger charge is -2.30. The molecule has 14 heavy (non-hydrogen) atoms. The fourth-order valence-electron chi connectivity index (χ4n) is 1.37. The van der Waals surface area contributed by atoms with E-state index in [-0.39, 0.29) is 17.2 Å². The van der Waals surface area contributed by atoms with Crippen LogP contribution < -0.4 is 0 Å². The Morgan fingerprint density at radius 2 is 2.14 bits per heavy atom. The molecule has 1 aromatic carbocycles. The summed E-state index contributed by atoms with van der Waals surface area (Å²) in [5.74, 6) is -1.13. The molecule has 0 radical (unpaired) electrons. The summed E-state index contributed by atoms with van der Waals surface area (Å²) in [6.45, 7) is 1.39. The van der Waals surface area contributed by atoms with Crippen molar-refractivity contribution in [2.75, 3.05) is 13.1 Å². The first kappa shape index (κ1) is 8.99. The molecule has 4 heteroatoms. The molecule has 1 aliphatic heterocycles. The van der Waals surface area contributed by atoms with Gasteiger partial charge in [0.2, 0.25) is 0 Å². The van der Waals surface area contributed by atoms with E-state index in [2.05, 4.69) is 0 Å². The molecule has 1 aliphatic rings. The summed E-state index contributed by atoms with van der Waals surface area (Å²) >= 11 is 0. The van der Waals surface area contributed by atoms with Crippen LogP contribution in [0, 0.1) is 5.82 Å². The van der Waals surface area contributed by atoms with Gasteiger partial charge in [0.1, 0.15) is 11.6 Å². The first-order valence-corrected chi connectivity index (χ1v) is 4.46. The Hall–Kier alpha value is -1.58. The third-order valence-corrected chi connectivity index (χ3v) is 2.33. The van der Waals surface area contributed by atoms with E-state index in [9.17, 15) is 9.18 Å². The lowest BCUT2D eigenvalue weighted by atomic mass is 10.1. The monoisotopic (exact) mass is 195 g/mol. The van der Waals surface area contributed by atoms with Crippen molar-refractivity contribution in [1.82, 2.24) is 4.90 Å². The van der Waals surface area contributed by atoms with E-state index < -0.39 is 5.82 Å². The molecule has 2 rings (SSSR count). The van der Waals surface area contributed by atoms with Crippen LogP contribution in [0.3, 0.4) is 0 Å². The SMILES string of the molecule is O=C(c1ccc(O)cc1F)N1CCC1. The Labute approximate surface area is 80.8 Å². The summed E-state index contributed by atoms with van der Waals surface area (Å²) in [6, 6.07) is 3.58. The number of aromatic hydroxyl groups is 1. The predicted octanol–water partition coefficient (Wildman–Crippen LogP) is 1.38. The number of hydrogen-bond acceptors (Lipinski definition) is 2. The van der Waals surface area contributed by atoms with E-state index in [0.717, 1.165) is 12.5 Å². The fraction of sp³-hybridized carbons (Fsp3) is 0.300. The predicted molar refractivity (Wildman–Crippen MR) is 48.6 cm³/mol. The molecule has 0 atom stereocenters. The summed E-state index contributed by atoms with van der Waals surface area (Å²) in [7, 11) is 0. The summed E-state index contributed by atoms with van der Waals surface area (Å²) in [6.07, 6.45) is 0.978. The van der Waals surface area contributed by atoms with Crippen molar-refractivity contribution in [3.05, 3.63) is 29.6 Å². The molecule has 0 aromatic heterocycles. The number of halogens is 1. The summed E-state index contributed by atoms with van der Waals surface area (Å²) in [5.41, 5.74) is 0.0301. The summed E-state index contributed by atoms with van der Waals surface area (Å²) < 4.78 is 13.2. The molecule has 1 N–H and O–H groups in total. The normalized spacial score (nSPS) is 15.1. The fourth-order valence-corrected chi connectivity index (χ4v) is 1.37. The third kappa shape index (κ3) is 1.43. The summed E-state index contributed by atoms with van der Waals surface area (Å²) in [5, 5.41) is 8.96. The molecule has 1 saturated heterocycles. The molecule has 0 aliphatic carbocycles. The van der Waals surface area contributed by atoms with Gasteiger partial charge in [0.25, 0.3) is 5.91 Å². The van der Waals surface area contributed by atoms with E-state index in [1.807, 2.05) is 0 Å². The van der Waals surface area contributed by atoms with Crippen LogP contribution in [-0.2, 0) is 0 Å². The molecule has 1 heterocycles. The minimum Gasteiger partial charge on any atom is -0.508 e. The van der Waals surface area contributed by atoms with Crippen LogP contribution >= 0.6 is 0 Å². The van der Waals surface area contributed by atoms with Gasteiger partial charge in [-0.05, 0) is 18.6 Å². The molecule has 0 spiro atoms. The van der Waals surface area contributed by atoms with Gasteiger partial charge in [0, 0.05) is 19.2 Å². The number of amides is 1. The van der Waals surface area contributed by atoms with Crippen LogP contribution in [0.1, 0.15) is 16.8 Å². The number of likely N-dealkylation sites (tertiary alicyclic amines) is 1. The van der Waals surface area contributed by atoms with Crippen LogP contribution in [0.5, 0.6) is 5.75 Å². The first-order chi connectivity index (χ1) is 6.68. The number of hydrogen-bond donors (Lipinski definition) is 1. The Balaban J connectivity index is 2.26. The highest BCUT2D eigenvalue weighted by molar-refractivity contribution is 5.95. The number of nitrogens with zero attached hydrogens (tertiary/aromatic N) is 1. The van der Waals surface area contributed by atoms with Crippen molar-refractivity contribution < 1.29 is 14.3 Å². The van der Waals surface area contributed by atoms with E-state index in [1.165, 1.54) is 12.1 Å². The number of benzene rings is 1. The van der Waals surface area contributed by atoms with Crippen LogP contribution in [0.4, 0.5) is 4.39 Å². The van der Waals surface area contributed by atoms with Crippen molar-refractivity contribution in [3.8, 4) is 5.75 Å². The van der Waals surface area contributed by atoms with Crippen LogP contribution in [0.2, 0.25) is 0 Å². The Bertz CT molecular complexity index is 374. The Kier molecular flexibility index (Phi) is 2.11. The van der Waals surface area contributed by atoms with E-state index >= 15 is 0 Å². The number of carbonyl (C=O) groups excluding carboxylic acids is 1. The van der Waals surface area contributed by atoms with Crippen molar-refractivity contribution in [3.63, 3.8) is 0 Å². The molecular weight excluding hydrogens is 185 g/mol. The zero-order chi connectivity index (χ0) is 10.1. The lowest BCUT2D eigenvalue weighted by Crippen LogP contribution is -2.42. The van der Waals surface area contributed by atoms with Crippen LogP contribution in [0.15, 0.2) is 18.2 Å². The molecule has 1 fully saturated rings. The highest BCUT2D eigenvalue weighted by atomic mass is 19.1. The van der Waals surface area contributed by atoms with Gasteiger partial charge in [-0.25, -0.2) is 4.39 Å². The van der Waals surface area contributed by atoms with E-state index in [4.69, 9.17) is 5.11 Å². The zero-order valence-corrected chi connectivity index (χ0v) is 7.53. The molecular formula is C10H10FNO2. The van der Waals surface area contributed by atoms with Gasteiger partial charge in [-0.3, -0.25) is 4.79 Å². The van der Waals surface area contributed by atoms with Gasteiger partial charge in [-0.15, -0.1) is 0 Å². The summed E-state index contributed by atoms with van der Waals surface area (Å²) in [4.78, 5) is 13.1. The van der Waals surface area contributed by atoms with E-state index in [0.29, 0.717) is 13.1 Å². The van der Waals surface area contributed by atoms with Crippen molar-refractivity contribution in [2.24, 2.45) is 0 Å². The average molecular weight is 195 g/mol. The minimum absolute atomic E-state index is 0.0301. The smallest absolute Gasteiger partial charge is 0.256 e. The van der Waals surface area contributed by atoms with Gasteiger partial charge in [-0.2, -0.15) is 0 Å². The van der Waals surface area contributed by atoms with Crippen molar-refractivity contribution in [1.29, 1.82) is 0 Å². The standard InChI is InChI=1S/C10H10FNO2/c11-9-6-7(13)2-3-8(9)10(14)12-4-1-5-12/h2-3,6,13H,1,4-5H2. The second-order valence-electron chi connectivity index (χ2n) is 3.31. The number of phenols is 1. The Morgan fingerprint density at radius 3 is 2.64 bits per heavy atom. The molecule has 0 saturated carbocycles. The maximum absolute atomic E-state index is 13.2. The van der Waals surface area contributed by atoms with Gasteiger partial charge >= 0.3 is 0 Å². The topological polar surface area (TPSA) is 40.5 Å². The maximum Gasteiger partial charge on any atom is 0.256 e. The number of rotatable bonds is 1. The van der Waals surface area contributed by atoms with E-state index in [1.54, 1.807) is 4.90 Å². The maximum atomic E-state index is 13.2. The van der Waals surface area contributed by atoms with Gasteiger partial charge in [0.05, 0.1) is 5.56 Å². The zero-order valence-electron chi connectivity index (χ0n) is 7.53. The van der Waals surface area contributed by atoms with Gasteiger partial charge < -0.3 is 10.0 Å². The highest BCUT2D eigenvalue weighted by Gasteiger charge is 2.23. The van der Waals surface area contributed by atoms with Gasteiger partial charge in [0.15, 0.2) is 0 Å². The molecule has 0 bridgehead atoms. The Morgan fingerprint density at radius 1 is 1.43 bits per heavy atom. The number of phenolic OH excluding ortho intramolecular Hbond substituents is 1. The van der Waals surface area contributed by atoms with Crippen molar-refractivity contribution in [2.45, 2.75) is 6.42 Å². The third-order valence-electron chi connectivity index (χ3n) is 2.33. The van der Waals surface area contributed by atoms with Gasteiger partial charge in [-0.1, -0.05) is 0 Å². The van der Waals surface area contributed by atoms with Crippen LogP contribution in [-0.4, -0.2) is 29.0 Å². The molecule has 0 unspecified atom stereocenters. The molecule has 1 amide bonds. The highest BCUT2D eigenvalue weighted by Crippen LogP contribution is 2.18. The minimum atomic E-state index is -0.665. The lowest BCUT2D eigenvalue weighted by molar-refractivity contribution is 0.0647. The first-order valence-electron chi connectivity index (χ1n) is 4.46. The molecule has 1 aromatic rings. The van der Waals surface area contributed by atoms with Crippen LogP contribution in [0.25, 0.3) is 0 Å². The second-order valence-corrected chi connectivity index (χ2v) is 3.31. The number of carbonyl (C=O) groups is 1. The second kappa shape index (κ2) is 3.29. The van der Waals surface area contributed by atoms with Crippen molar-refractivity contribution >= 4 is 5.91 Å². The molecule has 74 valence electrons. The largest absolute Gasteiger partial charge is 0.508 e. The quantitative estimate of drug-likeness (QED) is 0.735. The average Bonchev–Trinajstić information content (AvgIpc) is 2.00.